The minimum Gasteiger partial charge on any atom is -0.481 e. The number of Topliss-reactive ketones (excluding diaryl/α,β-unsaturated/α-hetero) is 2. The second-order valence-corrected chi connectivity index (χ2v) is 16.8. The number of thiol groups is 1. The summed E-state index contributed by atoms with van der Waals surface area (Å²) in [5.41, 5.74) is 10.2. The van der Waals surface area contributed by atoms with Gasteiger partial charge in [-0.15, -0.1) is 11.8 Å². The Morgan fingerprint density at radius 1 is 0.684 bits per heavy atom. The van der Waals surface area contributed by atoms with E-state index in [0.717, 1.165) is 43.7 Å². The Balaban J connectivity index is 0.000000435. The maximum atomic E-state index is 13.0. The number of aromatic nitrogens is 10. The summed E-state index contributed by atoms with van der Waals surface area (Å²) in [6.07, 6.45) is 5.77. The van der Waals surface area contributed by atoms with Gasteiger partial charge in [-0.25, -0.2) is 14.4 Å². The number of esters is 2. The lowest BCUT2D eigenvalue weighted by molar-refractivity contribution is -0.141. The predicted octanol–water partition coefficient (Wildman–Crippen LogP) is -2.78. The van der Waals surface area contributed by atoms with E-state index >= 15 is 0 Å². The van der Waals surface area contributed by atoms with Gasteiger partial charge in [0, 0.05) is 61.9 Å². The molecule has 76 heavy (non-hydrogen) atoms. The number of hydrogen-bond acceptors (Lipinski definition) is 24. The van der Waals surface area contributed by atoms with E-state index in [4.69, 9.17) is 36.6 Å². The fourth-order valence-corrected chi connectivity index (χ4v) is 7.03. The second-order valence-electron chi connectivity index (χ2n) is 15.2. The highest BCUT2D eigenvalue weighted by Gasteiger charge is 2.28. The number of amides is 2. The summed E-state index contributed by atoms with van der Waals surface area (Å²) in [5.74, 6) is -8.48. The van der Waals surface area contributed by atoms with Crippen LogP contribution in [0.4, 0.5) is 0 Å². The molecule has 0 bridgehead atoms. The van der Waals surface area contributed by atoms with Gasteiger partial charge in [-0.1, -0.05) is 0 Å². The van der Waals surface area contributed by atoms with Crippen molar-refractivity contribution in [3.05, 3.63) is 76.1 Å². The molecular weight excluding hydrogens is 1050 g/mol. The first-order chi connectivity index (χ1) is 36.0. The van der Waals surface area contributed by atoms with Crippen molar-refractivity contribution in [2.24, 2.45) is 11.5 Å². The Kier molecular flexibility index (Phi) is 27.9. The number of aliphatic carboxylic acids is 4. The number of methoxy groups -OCH3 is 2. The van der Waals surface area contributed by atoms with Crippen LogP contribution in [0, 0.1) is 0 Å². The van der Waals surface area contributed by atoms with E-state index in [-0.39, 0.29) is 56.5 Å². The van der Waals surface area contributed by atoms with Crippen LogP contribution in [0.3, 0.4) is 0 Å². The van der Waals surface area contributed by atoms with Gasteiger partial charge in [-0.3, -0.25) is 53.1 Å². The maximum Gasteiger partial charge on any atom is 0.372 e. The Morgan fingerprint density at radius 3 is 1.62 bits per heavy atom. The van der Waals surface area contributed by atoms with Gasteiger partial charge in [0.05, 0.1) is 69.3 Å². The summed E-state index contributed by atoms with van der Waals surface area (Å²) in [4.78, 5) is 146. The van der Waals surface area contributed by atoms with Crippen molar-refractivity contribution in [3.8, 4) is 11.4 Å². The molecule has 0 radical (unpaired) electrons. The Morgan fingerprint density at radius 2 is 1.17 bits per heavy atom. The van der Waals surface area contributed by atoms with Crippen molar-refractivity contribution in [3.63, 3.8) is 0 Å². The van der Waals surface area contributed by atoms with Crippen LogP contribution in [0.15, 0.2) is 64.7 Å². The normalized spacial score (nSPS) is 12.6. The average Bonchev–Trinajstić information content (AvgIpc) is 3.98. The lowest BCUT2D eigenvalue weighted by Crippen LogP contribution is -2.44. The molecule has 10 N–H and O–H groups in total. The minimum atomic E-state index is -1.29. The van der Waals surface area contributed by atoms with Gasteiger partial charge in [0.1, 0.15) is 17.5 Å². The zero-order chi connectivity index (χ0) is 56.9. The predicted molar refractivity (Wildman–Crippen MR) is 263 cm³/mol. The van der Waals surface area contributed by atoms with E-state index in [1.807, 2.05) is 0 Å². The van der Waals surface area contributed by atoms with Crippen LogP contribution in [0.1, 0.15) is 63.2 Å². The summed E-state index contributed by atoms with van der Waals surface area (Å²) in [6, 6.07) is 1.97. The number of pyridine rings is 2. The maximum absolute atomic E-state index is 13.0. The zero-order valence-corrected chi connectivity index (χ0v) is 42.1. The smallest absolute Gasteiger partial charge is 0.372 e. The monoisotopic (exact) mass is 1110 g/mol. The molecule has 412 valence electrons. The van der Waals surface area contributed by atoms with Crippen LogP contribution < -0.4 is 33.5 Å². The molecule has 2 amide bonds. The topological polar surface area (TPSA) is 477 Å². The average molecular weight is 1110 g/mol. The van der Waals surface area contributed by atoms with E-state index < -0.39 is 113 Å². The van der Waals surface area contributed by atoms with Gasteiger partial charge >= 0.3 is 47.2 Å². The molecule has 4 aromatic rings. The van der Waals surface area contributed by atoms with Crippen LogP contribution in [0.2, 0.25) is 0 Å². The molecule has 32 nitrogen and oxygen atoms in total. The van der Waals surface area contributed by atoms with Crippen LogP contribution in [0.25, 0.3) is 17.6 Å². The van der Waals surface area contributed by atoms with Crippen molar-refractivity contribution >= 4 is 89.8 Å². The molecule has 0 aliphatic rings. The molecule has 4 heterocycles. The molecule has 0 aliphatic carbocycles. The number of tetrazole rings is 2. The Hall–Kier alpha value is -8.50. The number of carboxylic acids is 4. The quantitative estimate of drug-likeness (QED) is 0.0151. The lowest BCUT2D eigenvalue weighted by Gasteiger charge is -2.21. The molecule has 34 heteroatoms. The molecule has 0 spiro atoms. The van der Waals surface area contributed by atoms with Gasteiger partial charge < -0.3 is 52.0 Å². The third kappa shape index (κ3) is 22.7. The number of carboxylic acid groups (broad SMARTS) is 4. The van der Waals surface area contributed by atoms with Crippen LogP contribution >= 0.6 is 24.4 Å². The molecule has 0 fully saturated rings. The van der Waals surface area contributed by atoms with E-state index in [1.165, 1.54) is 31.9 Å². The van der Waals surface area contributed by atoms with Gasteiger partial charge in [0.15, 0.2) is 11.6 Å². The van der Waals surface area contributed by atoms with Crippen LogP contribution in [0.5, 0.6) is 0 Å². The summed E-state index contributed by atoms with van der Waals surface area (Å²) in [5, 5.41) is 53.5. The van der Waals surface area contributed by atoms with Crippen molar-refractivity contribution < 1.29 is 77.8 Å². The highest BCUT2D eigenvalue weighted by Crippen LogP contribution is 2.26. The first-order valence-electron chi connectivity index (χ1n) is 22.0. The van der Waals surface area contributed by atoms with Crippen molar-refractivity contribution in [2.45, 2.75) is 87.3 Å². The zero-order valence-electron chi connectivity index (χ0n) is 40.4. The second kappa shape index (κ2) is 33.3. The summed E-state index contributed by atoms with van der Waals surface area (Å²) in [6.45, 7) is 0. The molecule has 0 aliphatic heterocycles. The number of rotatable bonds is 29. The standard InChI is InChI=1S/C21H27N7O9S.C11H18N2O6S.C10H9N5O3/c1-37-19(33)9-17(28-21(36)27(25-26-28)12-3-2-8-23-10-12)38-11-14(15(29)5-7-18(31)32)24-16(30)6-4-13(22)20(34)35;12-6(11(18)19)1-3-9(15)13-7(5-20)8(14)2-4-10(16)17;1-18-9(16)4-6-14-10(17)15(13-12-14)8-3-2-5-11-7-8/h2-3,8,10,13-14,17H,4-7,9,11,22H2,1H3,(H,24,30)(H,31,32)(H,34,35);6-7,20H,1-5,12H2,(H,13,15)(H,16,17)(H,18,19);2-7H,1H3/b;;6-4+/t13-,14-,17?;6-,7-;/m00./s1. The van der Waals surface area contributed by atoms with Crippen molar-refractivity contribution in [1.82, 2.24) is 60.2 Å². The van der Waals surface area contributed by atoms with Crippen molar-refractivity contribution in [2.75, 3.05) is 25.7 Å². The van der Waals surface area contributed by atoms with Crippen molar-refractivity contribution in [1.29, 1.82) is 0 Å². The number of nitrogens with zero attached hydrogens (tertiary/aromatic N) is 10. The summed E-state index contributed by atoms with van der Waals surface area (Å²) < 4.78 is 13.0. The summed E-state index contributed by atoms with van der Waals surface area (Å²) >= 11 is 4.83. The molecule has 5 atom stereocenters. The number of carbonyl (C=O) groups excluding carboxylic acids is 6. The number of ether oxygens (including phenoxy) is 2. The number of ketones is 2. The first kappa shape index (κ1) is 63.6. The third-order valence-corrected chi connectivity index (χ3v) is 11.3. The number of nitrogens with two attached hydrogens (primary N) is 2. The minimum absolute atomic E-state index is 0.0369. The van der Waals surface area contributed by atoms with Gasteiger partial charge in [0.2, 0.25) is 11.8 Å². The summed E-state index contributed by atoms with van der Waals surface area (Å²) in [7, 11) is 2.39. The fourth-order valence-electron chi connectivity index (χ4n) is 5.52. The highest BCUT2D eigenvalue weighted by atomic mass is 32.2. The first-order valence-corrected chi connectivity index (χ1v) is 23.7. The Bertz CT molecular complexity index is 2770. The van der Waals surface area contributed by atoms with Gasteiger partial charge in [0.25, 0.3) is 0 Å². The number of thioether (sulfide) groups is 1. The largest absolute Gasteiger partial charge is 0.481 e. The molecule has 0 aromatic carbocycles. The third-order valence-electron chi connectivity index (χ3n) is 9.64. The molecular formula is C42H54N14O18S2. The van der Waals surface area contributed by atoms with E-state index in [1.54, 1.807) is 30.5 Å². The fraction of sp³-hybridized carbons (Fsp3) is 0.429. The van der Waals surface area contributed by atoms with E-state index in [9.17, 15) is 57.5 Å². The highest BCUT2D eigenvalue weighted by molar-refractivity contribution is 7.99. The molecule has 4 aromatic heterocycles. The molecule has 4 rings (SSSR count). The lowest BCUT2D eigenvalue weighted by atomic mass is 10.1. The van der Waals surface area contributed by atoms with E-state index in [0.29, 0.717) is 11.4 Å². The SMILES string of the molecule is COC(=O)/C=C/n1nnn(-c2cccnc2)c1=O.COC(=O)CC(SC[C@H](NC(=O)CC[C@H](N)C(=O)O)C(=O)CCC(=O)O)n1nnn(-c2cccnc2)c1=O.N[C@@H](CCC(=O)N[C@@H](CS)C(=O)CCC(=O)O)C(=O)O. The van der Waals surface area contributed by atoms with Gasteiger partial charge in [-0.2, -0.15) is 31.4 Å². The number of hydrogen-bond donors (Lipinski definition) is 9. The number of carbonyl (C=O) groups is 10. The van der Waals surface area contributed by atoms with Crippen LogP contribution in [-0.4, -0.2) is 179 Å². The molecule has 0 saturated heterocycles. The molecule has 1 unspecified atom stereocenters. The number of nitrogens with one attached hydrogen (secondary N) is 2. The van der Waals surface area contributed by atoms with E-state index in [2.05, 4.69) is 58.8 Å². The van der Waals surface area contributed by atoms with Gasteiger partial charge in [-0.05, 0) is 58.0 Å². The Labute approximate surface area is 438 Å². The van der Waals surface area contributed by atoms with Crippen LogP contribution in [-0.2, 0) is 57.4 Å². The molecule has 0 saturated carbocycles.